The van der Waals surface area contributed by atoms with E-state index in [1.54, 1.807) is 11.3 Å². The Balaban J connectivity index is 1.90. The van der Waals surface area contributed by atoms with Gasteiger partial charge in [0.2, 0.25) is 0 Å². The van der Waals surface area contributed by atoms with E-state index < -0.39 is 0 Å². The van der Waals surface area contributed by atoms with Gasteiger partial charge in [0.25, 0.3) is 0 Å². The Morgan fingerprint density at radius 1 is 1.39 bits per heavy atom. The fraction of sp³-hybridized carbons (Fsp3) is 0.714. The molecule has 1 aromatic heterocycles. The molecule has 0 bridgehead atoms. The van der Waals surface area contributed by atoms with Gasteiger partial charge < -0.3 is 4.90 Å². The van der Waals surface area contributed by atoms with Crippen LogP contribution in [0, 0.1) is 5.41 Å². The first kappa shape index (κ1) is 14.9. The Kier molecular flexibility index (Phi) is 5.61. The van der Waals surface area contributed by atoms with E-state index >= 15 is 0 Å². The molecule has 102 valence electrons. The first-order chi connectivity index (χ1) is 8.63. The van der Waals surface area contributed by atoms with Gasteiger partial charge in [-0.05, 0) is 64.0 Å². The van der Waals surface area contributed by atoms with Crippen molar-refractivity contribution in [2.75, 3.05) is 19.3 Å². The second kappa shape index (κ2) is 6.78. The monoisotopic (exact) mass is 347 g/mol. The van der Waals surface area contributed by atoms with Crippen LogP contribution >= 0.6 is 39.9 Å². The highest BCUT2D eigenvalue weighted by Crippen LogP contribution is 2.38. The minimum atomic E-state index is 0.462. The average Bonchev–Trinajstić information content (AvgIpc) is 2.75. The summed E-state index contributed by atoms with van der Waals surface area (Å²) in [6.45, 7) is 2.24. The predicted molar refractivity (Wildman–Crippen MR) is 87.7 cm³/mol. The number of hydrogen-bond acceptors (Lipinski definition) is 3. The number of rotatable bonds is 5. The maximum atomic E-state index is 4.62. The standard InChI is InChI=1S/C14H22BrNS2/c1-16(8-12-7-13(15)18-9-12)10-14(11-17)5-3-2-4-6-14/h7,9,17H,2-6,8,10-11H2,1H3. The van der Waals surface area contributed by atoms with Crippen LogP contribution in [-0.2, 0) is 6.54 Å². The van der Waals surface area contributed by atoms with Crippen molar-refractivity contribution in [2.45, 2.75) is 38.6 Å². The molecule has 1 nitrogen and oxygen atoms in total. The summed E-state index contributed by atoms with van der Waals surface area (Å²) in [6.07, 6.45) is 6.90. The van der Waals surface area contributed by atoms with E-state index in [0.29, 0.717) is 5.41 Å². The number of nitrogens with zero attached hydrogens (tertiary/aromatic N) is 1. The zero-order chi connectivity index (χ0) is 13.0. The van der Waals surface area contributed by atoms with E-state index in [4.69, 9.17) is 0 Å². The normalized spacial score (nSPS) is 19.3. The van der Waals surface area contributed by atoms with Crippen molar-refractivity contribution in [3.8, 4) is 0 Å². The van der Waals surface area contributed by atoms with E-state index in [9.17, 15) is 0 Å². The first-order valence-electron chi connectivity index (χ1n) is 6.66. The molecule has 0 radical (unpaired) electrons. The smallest absolute Gasteiger partial charge is 0.0701 e. The molecule has 1 heterocycles. The Morgan fingerprint density at radius 2 is 2.11 bits per heavy atom. The third-order valence-corrected chi connectivity index (χ3v) is 6.15. The Bertz CT molecular complexity index is 372. The molecule has 0 amide bonds. The second-order valence-corrected chi connectivity index (χ2v) is 8.26. The molecule has 1 saturated carbocycles. The predicted octanol–water partition coefficient (Wildman–Crippen LogP) is 4.82. The molecule has 0 aromatic carbocycles. The molecule has 1 aromatic rings. The Hall–Kier alpha value is 0.490. The third kappa shape index (κ3) is 3.99. The summed E-state index contributed by atoms with van der Waals surface area (Å²) in [7, 11) is 2.24. The third-order valence-electron chi connectivity index (χ3n) is 3.93. The molecular formula is C14H22BrNS2. The van der Waals surface area contributed by atoms with Gasteiger partial charge in [0.1, 0.15) is 0 Å². The number of thiol groups is 1. The molecule has 18 heavy (non-hydrogen) atoms. The summed E-state index contributed by atoms with van der Waals surface area (Å²) in [5.74, 6) is 1.03. The number of hydrogen-bond donors (Lipinski definition) is 1. The van der Waals surface area contributed by atoms with Crippen molar-refractivity contribution in [2.24, 2.45) is 5.41 Å². The molecule has 0 atom stereocenters. The van der Waals surface area contributed by atoms with E-state index in [-0.39, 0.29) is 0 Å². The molecule has 1 fully saturated rings. The molecule has 0 spiro atoms. The largest absolute Gasteiger partial charge is 0.302 e. The minimum absolute atomic E-state index is 0.462. The summed E-state index contributed by atoms with van der Waals surface area (Å²) >= 11 is 9.93. The fourth-order valence-corrected chi connectivity index (χ4v) is 4.65. The highest BCUT2D eigenvalue weighted by atomic mass is 79.9. The van der Waals surface area contributed by atoms with Crippen molar-refractivity contribution < 1.29 is 0 Å². The van der Waals surface area contributed by atoms with Crippen LogP contribution < -0.4 is 0 Å². The number of halogens is 1. The lowest BCUT2D eigenvalue weighted by atomic mass is 9.75. The van der Waals surface area contributed by atoms with E-state index in [2.05, 4.69) is 52.0 Å². The Morgan fingerprint density at radius 3 is 2.67 bits per heavy atom. The van der Waals surface area contributed by atoms with Crippen molar-refractivity contribution in [1.29, 1.82) is 0 Å². The second-order valence-electron chi connectivity index (χ2n) is 5.65. The summed E-state index contributed by atoms with van der Waals surface area (Å²) in [4.78, 5) is 2.47. The zero-order valence-electron chi connectivity index (χ0n) is 11.0. The van der Waals surface area contributed by atoms with Crippen LogP contribution in [0.2, 0.25) is 0 Å². The molecular weight excluding hydrogens is 326 g/mol. The summed E-state index contributed by atoms with van der Waals surface area (Å²) in [5.41, 5.74) is 1.88. The molecule has 4 heteroatoms. The van der Waals surface area contributed by atoms with E-state index in [1.807, 2.05) is 0 Å². The molecule has 2 rings (SSSR count). The van der Waals surface area contributed by atoms with Gasteiger partial charge >= 0.3 is 0 Å². The summed E-state index contributed by atoms with van der Waals surface area (Å²) in [6, 6.07) is 2.23. The molecule has 0 aliphatic heterocycles. The minimum Gasteiger partial charge on any atom is -0.302 e. The zero-order valence-corrected chi connectivity index (χ0v) is 14.3. The van der Waals surface area contributed by atoms with Gasteiger partial charge in [-0.25, -0.2) is 0 Å². The van der Waals surface area contributed by atoms with Crippen LogP contribution in [0.25, 0.3) is 0 Å². The van der Waals surface area contributed by atoms with Gasteiger partial charge in [0.15, 0.2) is 0 Å². The maximum Gasteiger partial charge on any atom is 0.0701 e. The van der Waals surface area contributed by atoms with Gasteiger partial charge in [-0.15, -0.1) is 11.3 Å². The lowest BCUT2D eigenvalue weighted by Crippen LogP contribution is -2.38. The quantitative estimate of drug-likeness (QED) is 0.747. The van der Waals surface area contributed by atoms with Gasteiger partial charge in [-0.3, -0.25) is 0 Å². The van der Waals surface area contributed by atoms with Crippen molar-refractivity contribution >= 4 is 39.9 Å². The van der Waals surface area contributed by atoms with Gasteiger partial charge in [0.05, 0.1) is 3.79 Å². The van der Waals surface area contributed by atoms with Crippen LogP contribution in [0.3, 0.4) is 0 Å². The first-order valence-corrected chi connectivity index (χ1v) is 8.96. The van der Waals surface area contributed by atoms with Crippen molar-refractivity contribution in [3.05, 3.63) is 20.8 Å². The van der Waals surface area contributed by atoms with Crippen LogP contribution in [0.15, 0.2) is 15.2 Å². The molecule has 0 N–H and O–H groups in total. The maximum absolute atomic E-state index is 4.62. The lowest BCUT2D eigenvalue weighted by molar-refractivity contribution is 0.140. The highest BCUT2D eigenvalue weighted by Gasteiger charge is 2.31. The summed E-state index contributed by atoms with van der Waals surface area (Å²) < 4.78 is 1.23. The van der Waals surface area contributed by atoms with Crippen molar-refractivity contribution in [3.63, 3.8) is 0 Å². The van der Waals surface area contributed by atoms with Crippen LogP contribution in [0.5, 0.6) is 0 Å². The van der Waals surface area contributed by atoms with Gasteiger partial charge in [0, 0.05) is 13.1 Å². The molecule has 0 unspecified atom stereocenters. The van der Waals surface area contributed by atoms with Crippen molar-refractivity contribution in [1.82, 2.24) is 4.90 Å². The van der Waals surface area contributed by atoms with Crippen LogP contribution in [0.4, 0.5) is 0 Å². The molecule has 1 aliphatic rings. The van der Waals surface area contributed by atoms with Crippen LogP contribution in [0.1, 0.15) is 37.7 Å². The van der Waals surface area contributed by atoms with Crippen LogP contribution in [-0.4, -0.2) is 24.2 Å². The molecule has 1 aliphatic carbocycles. The van der Waals surface area contributed by atoms with E-state index in [1.165, 1.54) is 48.0 Å². The lowest BCUT2D eigenvalue weighted by Gasteiger charge is -2.39. The summed E-state index contributed by atoms with van der Waals surface area (Å²) in [5, 5.41) is 2.24. The number of thiophene rings is 1. The highest BCUT2D eigenvalue weighted by molar-refractivity contribution is 9.11. The SMILES string of the molecule is CN(Cc1csc(Br)c1)CC1(CS)CCCCC1. The van der Waals surface area contributed by atoms with Gasteiger partial charge in [-0.2, -0.15) is 12.6 Å². The Labute approximate surface area is 128 Å². The topological polar surface area (TPSA) is 3.24 Å². The average molecular weight is 348 g/mol. The van der Waals surface area contributed by atoms with E-state index in [0.717, 1.165) is 12.3 Å². The fourth-order valence-electron chi connectivity index (χ4n) is 3.04. The van der Waals surface area contributed by atoms with Gasteiger partial charge in [-0.1, -0.05) is 19.3 Å². The molecule has 0 saturated heterocycles.